The molecular weight excluding hydrogens is 270 g/mol. The van der Waals surface area contributed by atoms with Crippen LogP contribution in [0.15, 0.2) is 24.3 Å². The highest BCUT2D eigenvalue weighted by Gasteiger charge is 2.20. The van der Waals surface area contributed by atoms with E-state index in [2.05, 4.69) is 5.32 Å². The van der Waals surface area contributed by atoms with Crippen LogP contribution in [-0.2, 0) is 16.0 Å². The van der Waals surface area contributed by atoms with Crippen LogP contribution in [0.2, 0.25) is 0 Å². The van der Waals surface area contributed by atoms with Crippen molar-refractivity contribution >= 4 is 11.9 Å². The minimum Gasteiger partial charge on any atom is -0.496 e. The Morgan fingerprint density at radius 3 is 2.52 bits per heavy atom. The Labute approximate surface area is 125 Å². The number of benzene rings is 1. The lowest BCUT2D eigenvalue weighted by atomic mass is 10.0. The molecule has 5 heteroatoms. The number of nitrogens with one attached hydrogen (secondary N) is 1. The summed E-state index contributed by atoms with van der Waals surface area (Å²) in [5.41, 5.74) is 0.936. The summed E-state index contributed by atoms with van der Waals surface area (Å²) in [5.74, 6) is -0.300. The Morgan fingerprint density at radius 1 is 1.29 bits per heavy atom. The lowest BCUT2D eigenvalue weighted by molar-refractivity contribution is -0.142. The van der Waals surface area contributed by atoms with Crippen molar-refractivity contribution in [2.75, 3.05) is 7.11 Å². The van der Waals surface area contributed by atoms with Crippen LogP contribution in [0.4, 0.5) is 0 Å². The van der Waals surface area contributed by atoms with E-state index in [1.807, 2.05) is 38.1 Å². The van der Waals surface area contributed by atoms with E-state index in [0.29, 0.717) is 12.8 Å². The van der Waals surface area contributed by atoms with Crippen molar-refractivity contribution in [1.82, 2.24) is 5.32 Å². The molecule has 0 saturated heterocycles. The predicted octanol–water partition coefficient (Wildman–Crippen LogP) is 2.24. The van der Waals surface area contributed by atoms with Gasteiger partial charge in [0.2, 0.25) is 5.91 Å². The van der Waals surface area contributed by atoms with Gasteiger partial charge in [-0.25, -0.2) is 4.79 Å². The molecule has 21 heavy (non-hydrogen) atoms. The molecule has 1 amide bonds. The summed E-state index contributed by atoms with van der Waals surface area (Å²) in [5, 5.41) is 11.7. The number of methoxy groups -OCH3 is 1. The zero-order chi connectivity index (χ0) is 15.8. The maximum atomic E-state index is 11.9. The number of carbonyl (C=O) groups excluding carboxylic acids is 1. The number of aryl methyl sites for hydroxylation is 1. The SMILES string of the molecule is COc1ccccc1CCC(=O)N[C@H](CC(C)C)C(=O)O. The molecular formula is C16H23NO4. The molecule has 0 heterocycles. The quantitative estimate of drug-likeness (QED) is 0.770. The van der Waals surface area contributed by atoms with Gasteiger partial charge in [-0.2, -0.15) is 0 Å². The third-order valence-corrected chi connectivity index (χ3v) is 3.15. The molecule has 0 spiro atoms. The van der Waals surface area contributed by atoms with E-state index in [0.717, 1.165) is 11.3 Å². The van der Waals surface area contributed by atoms with Crippen molar-refractivity contribution in [3.05, 3.63) is 29.8 Å². The highest BCUT2D eigenvalue weighted by molar-refractivity contribution is 5.83. The van der Waals surface area contributed by atoms with Gasteiger partial charge in [-0.3, -0.25) is 4.79 Å². The minimum absolute atomic E-state index is 0.209. The summed E-state index contributed by atoms with van der Waals surface area (Å²) >= 11 is 0. The lowest BCUT2D eigenvalue weighted by Crippen LogP contribution is -2.41. The van der Waals surface area contributed by atoms with E-state index >= 15 is 0 Å². The summed E-state index contributed by atoms with van der Waals surface area (Å²) in [6.07, 6.45) is 1.18. The number of hydrogen-bond donors (Lipinski definition) is 2. The number of aliphatic carboxylic acids is 1. The second kappa shape index (κ2) is 8.29. The molecule has 0 fully saturated rings. The zero-order valence-corrected chi connectivity index (χ0v) is 12.8. The van der Waals surface area contributed by atoms with Gasteiger partial charge in [-0.05, 0) is 30.4 Å². The first kappa shape index (κ1) is 17.0. The molecule has 1 rings (SSSR count). The van der Waals surface area contributed by atoms with Gasteiger partial charge < -0.3 is 15.2 Å². The molecule has 1 aromatic rings. The number of carboxylic acid groups (broad SMARTS) is 1. The van der Waals surface area contributed by atoms with Crippen LogP contribution < -0.4 is 10.1 Å². The van der Waals surface area contributed by atoms with Crippen molar-refractivity contribution in [3.63, 3.8) is 0 Å². The topological polar surface area (TPSA) is 75.6 Å². The lowest BCUT2D eigenvalue weighted by Gasteiger charge is -2.16. The first-order valence-corrected chi connectivity index (χ1v) is 7.08. The summed E-state index contributed by atoms with van der Waals surface area (Å²) < 4.78 is 5.22. The van der Waals surface area contributed by atoms with Crippen LogP contribution in [0.1, 0.15) is 32.3 Å². The average Bonchev–Trinajstić information content (AvgIpc) is 2.44. The molecule has 0 aromatic heterocycles. The van der Waals surface area contributed by atoms with Crippen LogP contribution in [-0.4, -0.2) is 30.1 Å². The Kier molecular flexibility index (Phi) is 6.72. The average molecular weight is 293 g/mol. The molecule has 0 bridgehead atoms. The third-order valence-electron chi connectivity index (χ3n) is 3.15. The van der Waals surface area contributed by atoms with E-state index in [1.54, 1.807) is 7.11 Å². The van der Waals surface area contributed by atoms with E-state index in [1.165, 1.54) is 0 Å². The second-order valence-electron chi connectivity index (χ2n) is 5.40. The van der Waals surface area contributed by atoms with Gasteiger partial charge in [0.05, 0.1) is 7.11 Å². The number of para-hydroxylation sites is 1. The fourth-order valence-corrected chi connectivity index (χ4v) is 2.12. The number of amides is 1. The molecule has 0 radical (unpaired) electrons. The second-order valence-corrected chi connectivity index (χ2v) is 5.40. The fraction of sp³-hybridized carbons (Fsp3) is 0.500. The number of hydrogen-bond acceptors (Lipinski definition) is 3. The molecule has 5 nitrogen and oxygen atoms in total. The molecule has 0 aliphatic carbocycles. The highest BCUT2D eigenvalue weighted by Crippen LogP contribution is 2.18. The van der Waals surface area contributed by atoms with Gasteiger partial charge in [0.25, 0.3) is 0 Å². The van der Waals surface area contributed by atoms with Gasteiger partial charge in [0, 0.05) is 6.42 Å². The molecule has 0 aliphatic rings. The van der Waals surface area contributed by atoms with Gasteiger partial charge in [-0.1, -0.05) is 32.0 Å². The molecule has 0 unspecified atom stereocenters. The van der Waals surface area contributed by atoms with E-state index in [-0.39, 0.29) is 18.2 Å². The van der Waals surface area contributed by atoms with Crippen molar-refractivity contribution in [2.24, 2.45) is 5.92 Å². The summed E-state index contributed by atoms with van der Waals surface area (Å²) in [7, 11) is 1.59. The van der Waals surface area contributed by atoms with Crippen molar-refractivity contribution in [2.45, 2.75) is 39.2 Å². The maximum Gasteiger partial charge on any atom is 0.326 e. The Balaban J connectivity index is 2.54. The smallest absolute Gasteiger partial charge is 0.326 e. The summed E-state index contributed by atoms with van der Waals surface area (Å²) in [6, 6.07) is 6.66. The van der Waals surface area contributed by atoms with E-state index in [9.17, 15) is 9.59 Å². The monoisotopic (exact) mass is 293 g/mol. The normalized spacial score (nSPS) is 12.0. The van der Waals surface area contributed by atoms with Crippen LogP contribution in [0.3, 0.4) is 0 Å². The standard InChI is InChI=1S/C16H23NO4/c1-11(2)10-13(16(19)20)17-15(18)9-8-12-6-4-5-7-14(12)21-3/h4-7,11,13H,8-10H2,1-3H3,(H,17,18)(H,19,20)/t13-/m1/s1. The van der Waals surface area contributed by atoms with Crippen LogP contribution in [0.5, 0.6) is 5.75 Å². The largest absolute Gasteiger partial charge is 0.496 e. The molecule has 1 atom stereocenters. The number of rotatable bonds is 8. The van der Waals surface area contributed by atoms with Gasteiger partial charge in [0.1, 0.15) is 11.8 Å². The Hall–Kier alpha value is -2.04. The van der Waals surface area contributed by atoms with Gasteiger partial charge in [0.15, 0.2) is 0 Å². The molecule has 0 saturated carbocycles. The Morgan fingerprint density at radius 2 is 1.95 bits per heavy atom. The third kappa shape index (κ3) is 5.85. The fourth-order valence-electron chi connectivity index (χ4n) is 2.12. The maximum absolute atomic E-state index is 11.9. The molecule has 116 valence electrons. The highest BCUT2D eigenvalue weighted by atomic mass is 16.5. The molecule has 2 N–H and O–H groups in total. The first-order chi connectivity index (χ1) is 9.93. The van der Waals surface area contributed by atoms with Crippen LogP contribution in [0.25, 0.3) is 0 Å². The zero-order valence-electron chi connectivity index (χ0n) is 12.8. The summed E-state index contributed by atoms with van der Waals surface area (Å²) in [6.45, 7) is 3.86. The van der Waals surface area contributed by atoms with Crippen LogP contribution in [0, 0.1) is 5.92 Å². The number of carboxylic acids is 1. The van der Waals surface area contributed by atoms with Crippen molar-refractivity contribution in [3.8, 4) is 5.75 Å². The van der Waals surface area contributed by atoms with E-state index in [4.69, 9.17) is 9.84 Å². The van der Waals surface area contributed by atoms with Gasteiger partial charge in [-0.15, -0.1) is 0 Å². The molecule has 1 aromatic carbocycles. The van der Waals surface area contributed by atoms with Gasteiger partial charge >= 0.3 is 5.97 Å². The van der Waals surface area contributed by atoms with Crippen molar-refractivity contribution in [1.29, 1.82) is 0 Å². The Bertz CT molecular complexity index is 485. The van der Waals surface area contributed by atoms with Crippen molar-refractivity contribution < 1.29 is 19.4 Å². The van der Waals surface area contributed by atoms with Crippen LogP contribution >= 0.6 is 0 Å². The minimum atomic E-state index is -0.991. The summed E-state index contributed by atoms with van der Waals surface area (Å²) in [4.78, 5) is 23.0. The first-order valence-electron chi connectivity index (χ1n) is 7.08. The van der Waals surface area contributed by atoms with E-state index < -0.39 is 12.0 Å². The predicted molar refractivity (Wildman–Crippen MR) is 80.3 cm³/mol. The number of carbonyl (C=O) groups is 2. The molecule has 0 aliphatic heterocycles. The number of ether oxygens (including phenoxy) is 1.